The van der Waals surface area contributed by atoms with Crippen LogP contribution >= 0.6 is 0 Å². The van der Waals surface area contributed by atoms with Gasteiger partial charge in [0.15, 0.2) is 5.41 Å². The molecular formula is C33H26N2O6. The Labute approximate surface area is 236 Å². The van der Waals surface area contributed by atoms with E-state index >= 15 is 0 Å². The molecule has 4 aromatic rings. The van der Waals surface area contributed by atoms with Gasteiger partial charge in [0.2, 0.25) is 0 Å². The normalized spacial score (nSPS) is 14.7. The number of hydrogen-bond acceptors (Lipinski definition) is 6. The minimum absolute atomic E-state index is 0.208. The third-order valence-electron chi connectivity index (χ3n) is 7.72. The Morgan fingerprint density at radius 3 is 1.37 bits per heavy atom. The number of benzene rings is 4. The minimum Gasteiger partial charge on any atom is -0.465 e. The van der Waals surface area contributed by atoms with Gasteiger partial charge in [0.25, 0.3) is 11.8 Å². The number of rotatable bonds is 6. The lowest BCUT2D eigenvalue weighted by molar-refractivity contribution is -0.131. The lowest BCUT2D eigenvalue weighted by atomic mass is 9.75. The number of hydrogen-bond donors (Lipinski definition) is 0. The lowest BCUT2D eigenvalue weighted by Gasteiger charge is -2.25. The zero-order valence-electron chi connectivity index (χ0n) is 22.5. The van der Waals surface area contributed by atoms with E-state index in [1.807, 2.05) is 60.7 Å². The molecule has 41 heavy (non-hydrogen) atoms. The van der Waals surface area contributed by atoms with Crippen LogP contribution in [0.5, 0.6) is 0 Å². The Kier molecular flexibility index (Phi) is 6.38. The van der Waals surface area contributed by atoms with Crippen molar-refractivity contribution in [1.82, 2.24) is 0 Å². The first kappa shape index (κ1) is 26.0. The fourth-order valence-corrected chi connectivity index (χ4v) is 5.80. The molecular weight excluding hydrogens is 520 g/mol. The molecule has 8 nitrogen and oxygen atoms in total. The molecule has 0 unspecified atom stereocenters. The van der Waals surface area contributed by atoms with Crippen molar-refractivity contribution in [1.29, 1.82) is 0 Å². The quantitative estimate of drug-likeness (QED) is 0.259. The molecule has 1 spiro atoms. The number of amides is 2. The predicted molar refractivity (Wildman–Crippen MR) is 152 cm³/mol. The molecule has 0 aliphatic carbocycles. The van der Waals surface area contributed by atoms with Crippen LogP contribution in [-0.4, -0.2) is 38.0 Å². The first-order chi connectivity index (χ1) is 19.9. The van der Waals surface area contributed by atoms with Crippen molar-refractivity contribution in [2.24, 2.45) is 0 Å². The third kappa shape index (κ3) is 3.98. The van der Waals surface area contributed by atoms with Gasteiger partial charge >= 0.3 is 11.9 Å². The Morgan fingerprint density at radius 1 is 0.610 bits per heavy atom. The molecule has 0 bridgehead atoms. The molecule has 2 amide bonds. The summed E-state index contributed by atoms with van der Waals surface area (Å²) in [6, 6.07) is 28.6. The fourth-order valence-electron chi connectivity index (χ4n) is 5.80. The molecule has 2 heterocycles. The van der Waals surface area contributed by atoms with E-state index in [4.69, 9.17) is 9.47 Å². The van der Waals surface area contributed by atoms with Crippen molar-refractivity contribution in [3.8, 4) is 0 Å². The topological polar surface area (TPSA) is 93.2 Å². The van der Waals surface area contributed by atoms with Crippen molar-refractivity contribution >= 4 is 35.1 Å². The van der Waals surface area contributed by atoms with Crippen molar-refractivity contribution in [3.05, 3.63) is 130 Å². The number of fused-ring (bicyclic) bond motifs is 4. The summed E-state index contributed by atoms with van der Waals surface area (Å²) >= 11 is 0. The van der Waals surface area contributed by atoms with E-state index in [-0.39, 0.29) is 24.2 Å². The van der Waals surface area contributed by atoms with Crippen LogP contribution in [0.2, 0.25) is 0 Å². The second kappa shape index (κ2) is 10.1. The van der Waals surface area contributed by atoms with E-state index in [1.54, 1.807) is 46.2 Å². The SMILES string of the molecule is COC(=O)c1ccc2c(c1)C1(C(=O)N2Cc2ccccc2)C(=O)N(Cc2ccccc2)c2ccc(C(=O)OC)cc21. The average Bonchev–Trinajstić information content (AvgIpc) is 3.40. The highest BCUT2D eigenvalue weighted by Gasteiger charge is 2.63. The molecule has 8 heteroatoms. The summed E-state index contributed by atoms with van der Waals surface area (Å²) in [5.74, 6) is -2.09. The number of ether oxygens (including phenoxy) is 2. The molecule has 0 saturated carbocycles. The first-order valence-electron chi connectivity index (χ1n) is 13.1. The standard InChI is InChI=1S/C33H26N2O6/c1-40-29(36)23-13-15-27-25(17-23)33(31(38)34(27)19-21-9-5-3-6-10-21)26-18-24(30(37)41-2)14-16-28(26)35(32(33)39)20-22-11-7-4-8-12-22/h3-18H,19-20H2,1-2H3. The monoisotopic (exact) mass is 546 g/mol. The van der Waals surface area contributed by atoms with Gasteiger partial charge in [0.1, 0.15) is 0 Å². The molecule has 0 fully saturated rings. The molecule has 6 rings (SSSR count). The van der Waals surface area contributed by atoms with E-state index in [2.05, 4.69) is 0 Å². The van der Waals surface area contributed by atoms with Crippen LogP contribution in [0.3, 0.4) is 0 Å². The molecule has 0 aromatic heterocycles. The smallest absolute Gasteiger partial charge is 0.337 e. The summed E-state index contributed by atoms with van der Waals surface area (Å²) in [4.78, 5) is 57.8. The predicted octanol–water partition coefficient (Wildman–Crippen LogP) is 4.64. The summed E-state index contributed by atoms with van der Waals surface area (Å²) in [5, 5.41) is 0. The molecule has 204 valence electrons. The molecule has 0 N–H and O–H groups in total. The number of esters is 2. The molecule has 0 atom stereocenters. The maximum Gasteiger partial charge on any atom is 0.337 e. The highest BCUT2D eigenvalue weighted by molar-refractivity contribution is 6.31. The summed E-state index contributed by atoms with van der Waals surface area (Å²) in [5.41, 5.74) is 2.09. The van der Waals surface area contributed by atoms with Crippen LogP contribution in [0.1, 0.15) is 43.0 Å². The van der Waals surface area contributed by atoms with Crippen molar-refractivity contribution < 1.29 is 28.7 Å². The molecule has 0 radical (unpaired) electrons. The van der Waals surface area contributed by atoms with E-state index in [0.717, 1.165) is 11.1 Å². The van der Waals surface area contributed by atoms with Gasteiger partial charge in [-0.3, -0.25) is 9.59 Å². The van der Waals surface area contributed by atoms with Gasteiger partial charge in [-0.05, 0) is 47.5 Å². The second-order valence-corrected chi connectivity index (χ2v) is 9.95. The van der Waals surface area contributed by atoms with Gasteiger partial charge in [-0.2, -0.15) is 0 Å². The summed E-state index contributed by atoms with van der Waals surface area (Å²) in [6.07, 6.45) is 0. The van der Waals surface area contributed by atoms with Crippen LogP contribution in [0, 0.1) is 0 Å². The molecule has 4 aromatic carbocycles. The van der Waals surface area contributed by atoms with Gasteiger partial charge < -0.3 is 19.3 Å². The van der Waals surface area contributed by atoms with Crippen LogP contribution < -0.4 is 9.80 Å². The number of carbonyl (C=O) groups excluding carboxylic acids is 4. The zero-order chi connectivity index (χ0) is 28.7. The Bertz CT molecular complexity index is 1570. The minimum atomic E-state index is -1.82. The Hall–Kier alpha value is -5.24. The lowest BCUT2D eigenvalue weighted by Crippen LogP contribution is -2.48. The van der Waals surface area contributed by atoms with Crippen LogP contribution in [0.15, 0.2) is 97.1 Å². The van der Waals surface area contributed by atoms with Gasteiger partial charge in [-0.25, -0.2) is 9.59 Å². The first-order valence-corrected chi connectivity index (χ1v) is 13.1. The maximum absolute atomic E-state index is 14.7. The Balaban J connectivity index is 1.60. The average molecular weight is 547 g/mol. The number of anilines is 2. The van der Waals surface area contributed by atoms with E-state index < -0.39 is 29.2 Å². The molecule has 2 aliphatic rings. The molecule has 0 saturated heterocycles. The summed E-state index contributed by atoms with van der Waals surface area (Å²) < 4.78 is 9.93. The van der Waals surface area contributed by atoms with Crippen molar-refractivity contribution in [2.45, 2.75) is 18.5 Å². The second-order valence-electron chi connectivity index (χ2n) is 9.95. The third-order valence-corrected chi connectivity index (χ3v) is 7.72. The van der Waals surface area contributed by atoms with Crippen LogP contribution in [0.4, 0.5) is 11.4 Å². The van der Waals surface area contributed by atoms with Crippen LogP contribution in [-0.2, 0) is 37.6 Å². The largest absolute Gasteiger partial charge is 0.465 e. The Morgan fingerprint density at radius 2 is 1.00 bits per heavy atom. The number of methoxy groups -OCH3 is 2. The van der Waals surface area contributed by atoms with Crippen molar-refractivity contribution in [2.75, 3.05) is 24.0 Å². The van der Waals surface area contributed by atoms with Gasteiger partial charge in [0, 0.05) is 22.5 Å². The summed E-state index contributed by atoms with van der Waals surface area (Å²) in [6.45, 7) is 0.425. The van der Waals surface area contributed by atoms with Gasteiger partial charge in [-0.15, -0.1) is 0 Å². The summed E-state index contributed by atoms with van der Waals surface area (Å²) in [7, 11) is 2.55. The zero-order valence-corrected chi connectivity index (χ0v) is 22.5. The van der Waals surface area contributed by atoms with Gasteiger partial charge in [-0.1, -0.05) is 60.7 Å². The highest BCUT2D eigenvalue weighted by Crippen LogP contribution is 2.55. The number of nitrogens with zero attached hydrogens (tertiary/aromatic N) is 2. The van der Waals surface area contributed by atoms with E-state index in [0.29, 0.717) is 22.5 Å². The maximum atomic E-state index is 14.7. The van der Waals surface area contributed by atoms with Crippen LogP contribution in [0.25, 0.3) is 0 Å². The van der Waals surface area contributed by atoms with E-state index in [1.165, 1.54) is 14.2 Å². The number of carbonyl (C=O) groups is 4. The molecule has 2 aliphatic heterocycles. The van der Waals surface area contributed by atoms with E-state index in [9.17, 15) is 19.2 Å². The van der Waals surface area contributed by atoms with Crippen molar-refractivity contribution in [3.63, 3.8) is 0 Å². The fraction of sp³-hybridized carbons (Fsp3) is 0.152. The van der Waals surface area contributed by atoms with Gasteiger partial charge in [0.05, 0.1) is 38.4 Å². The highest BCUT2D eigenvalue weighted by atomic mass is 16.5.